The van der Waals surface area contributed by atoms with Crippen molar-refractivity contribution in [3.63, 3.8) is 0 Å². The monoisotopic (exact) mass is 323 g/mol. The Balaban J connectivity index is 2.31. The average Bonchev–Trinajstić information content (AvgIpc) is 3.17. The van der Waals surface area contributed by atoms with Gasteiger partial charge in [-0.2, -0.15) is 5.26 Å². The molecule has 3 N–H and O–H groups in total. The molecule has 5 heteroatoms. The summed E-state index contributed by atoms with van der Waals surface area (Å²) in [5, 5.41) is 19.5. The first-order chi connectivity index (χ1) is 11.3. The Bertz CT molecular complexity index is 866. The van der Waals surface area contributed by atoms with Gasteiger partial charge < -0.3 is 15.6 Å². The Morgan fingerprint density at radius 1 is 1.42 bits per heavy atom. The average molecular weight is 323 g/mol. The molecule has 1 saturated carbocycles. The van der Waals surface area contributed by atoms with Gasteiger partial charge in [0.1, 0.15) is 28.9 Å². The van der Waals surface area contributed by atoms with Crippen molar-refractivity contribution in [1.82, 2.24) is 4.98 Å². The number of phenolic OH excluding ortho intramolecular Hbond substituents is 1. The number of anilines is 1. The number of methoxy groups -OCH3 is 1. The zero-order chi connectivity index (χ0) is 17.6. The molecular weight excluding hydrogens is 302 g/mol. The molecule has 24 heavy (non-hydrogen) atoms. The third kappa shape index (κ3) is 2.44. The predicted molar refractivity (Wildman–Crippen MR) is 92.9 cm³/mol. The number of nitrogens with zero attached hydrogens (tertiary/aromatic N) is 2. The van der Waals surface area contributed by atoms with Crippen LogP contribution < -0.4 is 10.5 Å². The van der Waals surface area contributed by atoms with Gasteiger partial charge in [-0.15, -0.1) is 0 Å². The molecule has 1 atom stereocenters. The van der Waals surface area contributed by atoms with E-state index in [9.17, 15) is 10.4 Å². The Morgan fingerprint density at radius 3 is 2.62 bits per heavy atom. The number of aromatic nitrogens is 1. The molecule has 124 valence electrons. The van der Waals surface area contributed by atoms with Gasteiger partial charge in [0.05, 0.1) is 12.8 Å². The van der Waals surface area contributed by atoms with Gasteiger partial charge in [-0.1, -0.05) is 13.8 Å². The highest BCUT2D eigenvalue weighted by atomic mass is 16.5. The second-order valence-electron chi connectivity index (χ2n) is 7.00. The van der Waals surface area contributed by atoms with E-state index in [-0.39, 0.29) is 17.0 Å². The lowest BCUT2D eigenvalue weighted by Gasteiger charge is -2.18. The van der Waals surface area contributed by atoms with E-state index in [1.165, 1.54) is 0 Å². The fourth-order valence-corrected chi connectivity index (χ4v) is 3.33. The Labute approximate surface area is 141 Å². The standard InChI is InChI=1S/C19H21N3O2/c1-10-16(12-7-11(23)5-6-15(12)24-4)13(9-20)18(21)22-17(10)14-8-19(14,2)3/h5-7,14,23H,8H2,1-4H3,(H2,21,22). The fourth-order valence-electron chi connectivity index (χ4n) is 3.33. The maximum Gasteiger partial charge on any atom is 0.142 e. The zero-order valence-corrected chi connectivity index (χ0v) is 14.3. The van der Waals surface area contributed by atoms with Crippen LogP contribution in [0.1, 0.15) is 43.0 Å². The minimum atomic E-state index is 0.109. The van der Waals surface area contributed by atoms with Crippen molar-refractivity contribution in [2.75, 3.05) is 12.8 Å². The van der Waals surface area contributed by atoms with Gasteiger partial charge in [-0.05, 0) is 42.5 Å². The van der Waals surface area contributed by atoms with E-state index in [1.54, 1.807) is 25.3 Å². The van der Waals surface area contributed by atoms with Gasteiger partial charge in [0, 0.05) is 17.0 Å². The molecule has 0 amide bonds. The van der Waals surface area contributed by atoms with E-state index in [0.29, 0.717) is 28.4 Å². The summed E-state index contributed by atoms with van der Waals surface area (Å²) < 4.78 is 5.42. The van der Waals surface area contributed by atoms with Gasteiger partial charge in [-0.25, -0.2) is 4.98 Å². The summed E-state index contributed by atoms with van der Waals surface area (Å²) >= 11 is 0. The van der Waals surface area contributed by atoms with E-state index >= 15 is 0 Å². The molecule has 0 radical (unpaired) electrons. The normalized spacial score (nSPS) is 18.0. The molecule has 1 aromatic heterocycles. The van der Waals surface area contributed by atoms with Gasteiger partial charge in [0.25, 0.3) is 0 Å². The molecule has 1 aromatic carbocycles. The van der Waals surface area contributed by atoms with Gasteiger partial charge in [0.15, 0.2) is 0 Å². The minimum absolute atomic E-state index is 0.109. The number of benzene rings is 1. The highest BCUT2D eigenvalue weighted by molar-refractivity contribution is 5.83. The molecule has 0 bridgehead atoms. The smallest absolute Gasteiger partial charge is 0.142 e. The number of ether oxygens (including phenoxy) is 1. The van der Waals surface area contributed by atoms with E-state index < -0.39 is 0 Å². The first kappa shape index (κ1) is 16.1. The Morgan fingerprint density at radius 2 is 2.08 bits per heavy atom. The number of nitriles is 1. The summed E-state index contributed by atoms with van der Waals surface area (Å²) in [6, 6.07) is 6.99. The molecule has 5 nitrogen and oxygen atoms in total. The molecule has 0 spiro atoms. The maximum atomic E-state index is 9.91. The number of hydrogen-bond donors (Lipinski definition) is 2. The summed E-state index contributed by atoms with van der Waals surface area (Å²) in [4.78, 5) is 4.52. The van der Waals surface area contributed by atoms with E-state index in [2.05, 4.69) is 24.9 Å². The molecule has 0 aliphatic heterocycles. The van der Waals surface area contributed by atoms with Crippen LogP contribution in [-0.2, 0) is 0 Å². The highest BCUT2D eigenvalue weighted by Crippen LogP contribution is 2.59. The van der Waals surface area contributed by atoms with Gasteiger partial charge in [0.2, 0.25) is 0 Å². The first-order valence-corrected chi connectivity index (χ1v) is 7.87. The van der Waals surface area contributed by atoms with Crippen molar-refractivity contribution < 1.29 is 9.84 Å². The third-order valence-electron chi connectivity index (χ3n) is 4.91. The second kappa shape index (κ2) is 5.41. The van der Waals surface area contributed by atoms with Crippen LogP contribution in [-0.4, -0.2) is 17.2 Å². The maximum absolute atomic E-state index is 9.91. The van der Waals surface area contributed by atoms with Crippen molar-refractivity contribution >= 4 is 5.82 Å². The van der Waals surface area contributed by atoms with Crippen molar-refractivity contribution in [3.05, 3.63) is 35.0 Å². The molecule has 1 fully saturated rings. The van der Waals surface area contributed by atoms with Crippen molar-refractivity contribution in [1.29, 1.82) is 5.26 Å². The Kier molecular flexibility index (Phi) is 3.64. The van der Waals surface area contributed by atoms with Crippen molar-refractivity contribution in [2.45, 2.75) is 33.1 Å². The molecule has 1 unspecified atom stereocenters. The largest absolute Gasteiger partial charge is 0.508 e. The van der Waals surface area contributed by atoms with E-state index in [4.69, 9.17) is 10.5 Å². The quantitative estimate of drug-likeness (QED) is 0.897. The molecule has 1 aliphatic rings. The fraction of sp³-hybridized carbons (Fsp3) is 0.368. The molecule has 1 aliphatic carbocycles. The lowest BCUT2D eigenvalue weighted by atomic mass is 9.91. The van der Waals surface area contributed by atoms with E-state index in [0.717, 1.165) is 17.7 Å². The number of phenols is 1. The Hall–Kier alpha value is -2.74. The van der Waals surface area contributed by atoms with Crippen molar-refractivity contribution in [2.24, 2.45) is 5.41 Å². The topological polar surface area (TPSA) is 92.2 Å². The van der Waals surface area contributed by atoms with Crippen LogP contribution in [0.2, 0.25) is 0 Å². The molecule has 3 rings (SSSR count). The van der Waals surface area contributed by atoms with Crippen LogP contribution >= 0.6 is 0 Å². The predicted octanol–water partition coefficient (Wildman–Crippen LogP) is 3.74. The molecular formula is C19H21N3O2. The number of rotatable bonds is 3. The van der Waals surface area contributed by atoms with Crippen LogP contribution in [0.15, 0.2) is 18.2 Å². The first-order valence-electron chi connectivity index (χ1n) is 7.87. The highest BCUT2D eigenvalue weighted by Gasteiger charge is 2.48. The number of aromatic hydroxyl groups is 1. The number of hydrogen-bond acceptors (Lipinski definition) is 5. The zero-order valence-electron chi connectivity index (χ0n) is 14.3. The lowest BCUT2D eigenvalue weighted by Crippen LogP contribution is -2.07. The summed E-state index contributed by atoms with van der Waals surface area (Å²) in [6.45, 7) is 6.35. The van der Waals surface area contributed by atoms with Crippen molar-refractivity contribution in [3.8, 4) is 28.7 Å². The molecule has 1 heterocycles. The number of pyridine rings is 1. The van der Waals surface area contributed by atoms with Crippen LogP contribution in [0, 0.1) is 23.7 Å². The molecule has 0 saturated heterocycles. The lowest BCUT2D eigenvalue weighted by molar-refractivity contribution is 0.414. The number of nitrogens with two attached hydrogens (primary N) is 1. The molecule has 2 aromatic rings. The second-order valence-corrected chi connectivity index (χ2v) is 7.00. The minimum Gasteiger partial charge on any atom is -0.508 e. The van der Waals surface area contributed by atoms with Crippen LogP contribution in [0.25, 0.3) is 11.1 Å². The van der Waals surface area contributed by atoms with Gasteiger partial charge in [-0.3, -0.25) is 0 Å². The van der Waals surface area contributed by atoms with Crippen LogP contribution in [0.4, 0.5) is 5.82 Å². The van der Waals surface area contributed by atoms with Gasteiger partial charge >= 0.3 is 0 Å². The summed E-state index contributed by atoms with van der Waals surface area (Å²) in [6.07, 6.45) is 1.04. The van der Waals surface area contributed by atoms with Crippen LogP contribution in [0.5, 0.6) is 11.5 Å². The van der Waals surface area contributed by atoms with Crippen LogP contribution in [0.3, 0.4) is 0 Å². The van der Waals surface area contributed by atoms with E-state index in [1.807, 2.05) is 6.92 Å². The summed E-state index contributed by atoms with van der Waals surface area (Å²) in [5.41, 5.74) is 9.78. The SMILES string of the molecule is COc1ccc(O)cc1-c1c(C)c(C2CC2(C)C)nc(N)c1C#N. The number of nitrogen functional groups attached to an aromatic ring is 1. The third-order valence-corrected chi connectivity index (χ3v) is 4.91. The summed E-state index contributed by atoms with van der Waals surface area (Å²) in [5.74, 6) is 1.24. The summed E-state index contributed by atoms with van der Waals surface area (Å²) in [7, 11) is 1.56.